The predicted molar refractivity (Wildman–Crippen MR) is 101 cm³/mol. The van der Waals surface area contributed by atoms with Crippen LogP contribution in [0.4, 0.5) is 13.2 Å². The summed E-state index contributed by atoms with van der Waals surface area (Å²) in [5.41, 5.74) is 0.530. The summed E-state index contributed by atoms with van der Waals surface area (Å²) in [5.74, 6) is -2.67. The number of fused-ring (bicyclic) bond motifs is 1. The summed E-state index contributed by atoms with van der Waals surface area (Å²) in [6, 6.07) is 10.5. The van der Waals surface area contributed by atoms with Gasteiger partial charge in [0.2, 0.25) is 5.91 Å². The maximum absolute atomic E-state index is 12.9. The molecule has 1 aliphatic heterocycles. The average Bonchev–Trinajstić information content (AvgIpc) is 2.92. The second kappa shape index (κ2) is 8.17. The molecule has 2 aromatic carbocycles. The van der Waals surface area contributed by atoms with Gasteiger partial charge in [-0.1, -0.05) is 44.2 Å². The zero-order valence-electron chi connectivity index (χ0n) is 16.2. The van der Waals surface area contributed by atoms with Crippen molar-refractivity contribution < 1.29 is 32.3 Å². The second-order valence-electron chi connectivity index (χ2n) is 7.09. The fourth-order valence-electron chi connectivity index (χ4n) is 3.34. The van der Waals surface area contributed by atoms with Gasteiger partial charge >= 0.3 is 6.36 Å². The number of halogens is 3. The zero-order valence-corrected chi connectivity index (χ0v) is 16.2. The van der Waals surface area contributed by atoms with Crippen LogP contribution in [0, 0.1) is 5.92 Å². The van der Waals surface area contributed by atoms with E-state index in [1.807, 2.05) is 0 Å². The van der Waals surface area contributed by atoms with Crippen LogP contribution in [-0.2, 0) is 11.3 Å². The Morgan fingerprint density at radius 1 is 1.00 bits per heavy atom. The minimum absolute atomic E-state index is 0.105. The maximum atomic E-state index is 12.9. The highest BCUT2D eigenvalue weighted by Crippen LogP contribution is 2.28. The molecule has 0 bridgehead atoms. The van der Waals surface area contributed by atoms with Crippen LogP contribution in [0.2, 0.25) is 0 Å². The van der Waals surface area contributed by atoms with E-state index in [4.69, 9.17) is 0 Å². The van der Waals surface area contributed by atoms with Gasteiger partial charge in [-0.2, -0.15) is 0 Å². The highest BCUT2D eigenvalue weighted by Gasteiger charge is 2.43. The van der Waals surface area contributed by atoms with Crippen LogP contribution in [0.1, 0.15) is 40.1 Å². The summed E-state index contributed by atoms with van der Waals surface area (Å²) in [6.07, 6.45) is -4.87. The van der Waals surface area contributed by atoms with Gasteiger partial charge in [-0.05, 0) is 24.1 Å². The van der Waals surface area contributed by atoms with E-state index in [9.17, 15) is 27.6 Å². The highest BCUT2D eigenvalue weighted by molar-refractivity contribution is 6.22. The number of nitrogens with one attached hydrogen (secondary N) is 1. The number of nitrogens with zero attached hydrogens (tertiary/aromatic N) is 1. The van der Waals surface area contributed by atoms with E-state index in [1.54, 1.807) is 26.0 Å². The van der Waals surface area contributed by atoms with Crippen molar-refractivity contribution >= 4 is 17.7 Å². The molecule has 9 heteroatoms. The van der Waals surface area contributed by atoms with Crippen LogP contribution in [0.15, 0.2) is 48.5 Å². The number of hydrogen-bond acceptors (Lipinski definition) is 4. The minimum Gasteiger partial charge on any atom is -0.405 e. The first-order valence-corrected chi connectivity index (χ1v) is 9.18. The predicted octanol–water partition coefficient (Wildman–Crippen LogP) is 3.52. The molecule has 0 spiro atoms. The summed E-state index contributed by atoms with van der Waals surface area (Å²) < 4.78 is 41.7. The standard InChI is InChI=1S/C21H19F3N2O4/c1-12(2)17(26-19(28)14-8-4-5-9-15(14)20(26)29)18(27)25-11-13-7-3-6-10-16(13)30-21(22,23)24/h3-10,12,17H,11H2,1-2H3,(H,25,27)/t17-/m0/s1. The van der Waals surface area contributed by atoms with Crippen LogP contribution in [0.5, 0.6) is 5.75 Å². The summed E-state index contributed by atoms with van der Waals surface area (Å²) in [7, 11) is 0. The van der Waals surface area contributed by atoms with Gasteiger partial charge in [0, 0.05) is 12.1 Å². The van der Waals surface area contributed by atoms with Crippen molar-refractivity contribution in [1.29, 1.82) is 0 Å². The van der Waals surface area contributed by atoms with E-state index in [0.29, 0.717) is 0 Å². The molecule has 0 unspecified atom stereocenters. The average molecular weight is 420 g/mol. The Bertz CT molecular complexity index is 953. The molecule has 6 nitrogen and oxygen atoms in total. The third-order valence-electron chi connectivity index (χ3n) is 4.66. The minimum atomic E-state index is -4.87. The van der Waals surface area contributed by atoms with Crippen LogP contribution < -0.4 is 10.1 Å². The van der Waals surface area contributed by atoms with Crippen molar-refractivity contribution in [3.63, 3.8) is 0 Å². The Balaban J connectivity index is 1.79. The normalized spacial score (nSPS) is 14.7. The van der Waals surface area contributed by atoms with Crippen molar-refractivity contribution in [3.05, 3.63) is 65.2 Å². The van der Waals surface area contributed by atoms with E-state index in [-0.39, 0.29) is 23.2 Å². The number of amides is 3. The lowest BCUT2D eigenvalue weighted by atomic mass is 10.0. The van der Waals surface area contributed by atoms with Gasteiger partial charge in [-0.3, -0.25) is 19.3 Å². The molecule has 0 fully saturated rings. The number of rotatable bonds is 6. The lowest BCUT2D eigenvalue weighted by Crippen LogP contribution is -2.52. The Morgan fingerprint density at radius 3 is 2.07 bits per heavy atom. The van der Waals surface area contributed by atoms with Gasteiger partial charge in [0.1, 0.15) is 11.8 Å². The smallest absolute Gasteiger partial charge is 0.405 e. The molecule has 2 aromatic rings. The number of hydrogen-bond donors (Lipinski definition) is 1. The van der Waals surface area contributed by atoms with Gasteiger partial charge in [-0.15, -0.1) is 13.2 Å². The van der Waals surface area contributed by atoms with Crippen molar-refractivity contribution in [2.24, 2.45) is 5.92 Å². The number of alkyl halides is 3. The van der Waals surface area contributed by atoms with Crippen molar-refractivity contribution in [3.8, 4) is 5.75 Å². The first kappa shape index (κ1) is 21.4. The van der Waals surface area contributed by atoms with Crippen LogP contribution >= 0.6 is 0 Å². The molecule has 0 saturated carbocycles. The van der Waals surface area contributed by atoms with Crippen molar-refractivity contribution in [2.45, 2.75) is 32.8 Å². The largest absolute Gasteiger partial charge is 0.573 e. The fourth-order valence-corrected chi connectivity index (χ4v) is 3.34. The monoisotopic (exact) mass is 420 g/mol. The van der Waals surface area contributed by atoms with Crippen molar-refractivity contribution in [1.82, 2.24) is 10.2 Å². The molecule has 0 saturated heterocycles. The molecule has 30 heavy (non-hydrogen) atoms. The van der Waals surface area contributed by atoms with E-state index >= 15 is 0 Å². The van der Waals surface area contributed by atoms with Crippen LogP contribution in [0.3, 0.4) is 0 Å². The molecule has 0 aliphatic carbocycles. The summed E-state index contributed by atoms with van der Waals surface area (Å²) in [6.45, 7) is 3.08. The fraction of sp³-hybridized carbons (Fsp3) is 0.286. The Labute approximate surface area is 170 Å². The van der Waals surface area contributed by atoms with E-state index < -0.39 is 41.8 Å². The molecule has 0 aromatic heterocycles. The third-order valence-corrected chi connectivity index (χ3v) is 4.66. The molecular formula is C21H19F3N2O4. The topological polar surface area (TPSA) is 75.7 Å². The molecule has 1 aliphatic rings. The Hall–Kier alpha value is -3.36. The number of benzene rings is 2. The number of carbonyl (C=O) groups excluding carboxylic acids is 3. The van der Waals surface area contributed by atoms with E-state index in [2.05, 4.69) is 10.1 Å². The Kier molecular flexibility index (Phi) is 5.82. The third kappa shape index (κ3) is 4.29. The van der Waals surface area contributed by atoms with Gasteiger partial charge in [0.25, 0.3) is 11.8 Å². The second-order valence-corrected chi connectivity index (χ2v) is 7.09. The quantitative estimate of drug-likeness (QED) is 0.726. The van der Waals surface area contributed by atoms with Crippen molar-refractivity contribution in [2.75, 3.05) is 0 Å². The number of ether oxygens (including phenoxy) is 1. The molecule has 3 amide bonds. The molecular weight excluding hydrogens is 401 g/mol. The van der Waals surface area contributed by atoms with E-state index in [0.717, 1.165) is 11.0 Å². The summed E-state index contributed by atoms with van der Waals surface area (Å²) in [4.78, 5) is 39.2. The molecule has 1 atom stereocenters. The lowest BCUT2D eigenvalue weighted by Gasteiger charge is -2.28. The zero-order chi connectivity index (χ0) is 22.1. The first-order valence-electron chi connectivity index (χ1n) is 9.18. The highest BCUT2D eigenvalue weighted by atomic mass is 19.4. The van der Waals surface area contributed by atoms with Gasteiger partial charge in [-0.25, -0.2) is 0 Å². The maximum Gasteiger partial charge on any atom is 0.573 e. The van der Waals surface area contributed by atoms with E-state index in [1.165, 1.54) is 30.3 Å². The van der Waals surface area contributed by atoms with Gasteiger partial charge < -0.3 is 10.1 Å². The first-order chi connectivity index (χ1) is 14.1. The van der Waals surface area contributed by atoms with Crippen LogP contribution in [0.25, 0.3) is 0 Å². The molecule has 0 radical (unpaired) electrons. The number of imide groups is 1. The SMILES string of the molecule is CC(C)[C@@H](C(=O)NCc1ccccc1OC(F)(F)F)N1C(=O)c2ccccc2C1=O. The van der Waals surface area contributed by atoms with Gasteiger partial charge in [0.15, 0.2) is 0 Å². The molecule has 158 valence electrons. The Morgan fingerprint density at radius 2 is 1.53 bits per heavy atom. The molecule has 1 heterocycles. The van der Waals surface area contributed by atoms with Gasteiger partial charge in [0.05, 0.1) is 11.1 Å². The van der Waals surface area contributed by atoms with Crippen LogP contribution in [-0.4, -0.2) is 35.0 Å². The number of para-hydroxylation sites is 1. The summed E-state index contributed by atoms with van der Waals surface area (Å²) in [5, 5.41) is 2.52. The lowest BCUT2D eigenvalue weighted by molar-refractivity contribution is -0.274. The molecule has 3 rings (SSSR count). The molecule has 1 N–H and O–H groups in total. The number of carbonyl (C=O) groups is 3. The summed E-state index contributed by atoms with van der Waals surface area (Å²) >= 11 is 0.